The van der Waals surface area contributed by atoms with Crippen molar-refractivity contribution < 1.29 is 9.90 Å². The van der Waals surface area contributed by atoms with Crippen molar-refractivity contribution in [2.24, 2.45) is 0 Å². The average molecular weight is 250 g/mol. The minimum absolute atomic E-state index is 0.134. The molecule has 0 atom stereocenters. The lowest BCUT2D eigenvalue weighted by atomic mass is 10.1. The van der Waals surface area contributed by atoms with Gasteiger partial charge in [0, 0.05) is 16.0 Å². The molecule has 0 heterocycles. The Hall–Kier alpha value is -1.78. The van der Waals surface area contributed by atoms with Crippen LogP contribution in [0, 0.1) is 23.2 Å². The fraction of sp³-hybridized carbons (Fsp3) is 0. The summed E-state index contributed by atoms with van der Waals surface area (Å²) in [5.74, 6) is 3.69. The molecule has 0 spiro atoms. The Labute approximate surface area is 89.1 Å². The number of nitrogens with zero attached hydrogens (tertiary/aromatic N) is 1. The Bertz CT molecular complexity index is 477. The number of carboxylic acid groups (broad SMARTS) is 1. The smallest absolute Gasteiger partial charge is 0.336 e. The Morgan fingerprint density at radius 1 is 1.50 bits per heavy atom. The third-order valence-electron chi connectivity index (χ3n) is 1.46. The summed E-state index contributed by atoms with van der Waals surface area (Å²) in [5, 5.41) is 17.0. The van der Waals surface area contributed by atoms with Crippen LogP contribution in [0.25, 0.3) is 0 Å². The topological polar surface area (TPSA) is 61.1 Å². The van der Waals surface area contributed by atoms with Crippen molar-refractivity contribution in [3.63, 3.8) is 0 Å². The average Bonchev–Trinajstić information content (AvgIpc) is 2.16. The molecule has 0 saturated heterocycles. The van der Waals surface area contributed by atoms with Gasteiger partial charge in [-0.05, 0) is 34.1 Å². The Balaban J connectivity index is 3.21. The molecule has 0 fully saturated rings. The summed E-state index contributed by atoms with van der Waals surface area (Å²) in [6.45, 7) is 0. The van der Waals surface area contributed by atoms with Gasteiger partial charge in [0.15, 0.2) is 6.07 Å². The maximum atomic E-state index is 10.7. The lowest BCUT2D eigenvalue weighted by Crippen LogP contribution is -1.97. The van der Waals surface area contributed by atoms with Crippen molar-refractivity contribution >= 4 is 21.9 Å². The van der Waals surface area contributed by atoms with Gasteiger partial charge in [0.2, 0.25) is 0 Å². The third kappa shape index (κ3) is 2.35. The van der Waals surface area contributed by atoms with E-state index >= 15 is 0 Å². The van der Waals surface area contributed by atoms with Crippen LogP contribution in [-0.2, 0) is 0 Å². The van der Waals surface area contributed by atoms with Crippen molar-refractivity contribution in [3.05, 3.63) is 33.8 Å². The standard InChI is InChI=1S/C10H4BrNO2/c11-9-4-3-7(2-1-5-12)6-8(9)10(13)14/h3-4,6H,(H,13,14). The maximum Gasteiger partial charge on any atom is 0.336 e. The third-order valence-corrected chi connectivity index (χ3v) is 2.15. The van der Waals surface area contributed by atoms with Crippen molar-refractivity contribution in [2.75, 3.05) is 0 Å². The summed E-state index contributed by atoms with van der Waals surface area (Å²) in [5.41, 5.74) is 0.641. The highest BCUT2D eigenvalue weighted by Crippen LogP contribution is 2.17. The first kappa shape index (κ1) is 10.3. The minimum atomic E-state index is -1.03. The van der Waals surface area contributed by atoms with Crippen LogP contribution in [0.1, 0.15) is 15.9 Å². The van der Waals surface area contributed by atoms with E-state index < -0.39 is 5.97 Å². The van der Waals surface area contributed by atoms with Crippen LogP contribution >= 0.6 is 15.9 Å². The number of benzene rings is 1. The molecule has 0 unspecified atom stereocenters. The van der Waals surface area contributed by atoms with E-state index in [-0.39, 0.29) is 5.56 Å². The van der Waals surface area contributed by atoms with Gasteiger partial charge in [-0.15, -0.1) is 0 Å². The van der Waals surface area contributed by atoms with E-state index in [2.05, 4.69) is 27.8 Å². The van der Waals surface area contributed by atoms with Crippen molar-refractivity contribution in [1.82, 2.24) is 0 Å². The Morgan fingerprint density at radius 3 is 2.79 bits per heavy atom. The van der Waals surface area contributed by atoms with E-state index in [1.807, 2.05) is 0 Å². The molecule has 0 bridgehead atoms. The van der Waals surface area contributed by atoms with Crippen LogP contribution in [0.3, 0.4) is 0 Å². The summed E-state index contributed by atoms with van der Waals surface area (Å²) in [6, 6.07) is 6.30. The van der Waals surface area contributed by atoms with Gasteiger partial charge in [0.1, 0.15) is 0 Å². The van der Waals surface area contributed by atoms with Crippen molar-refractivity contribution in [2.45, 2.75) is 0 Å². The first-order valence-corrected chi connectivity index (χ1v) is 4.37. The molecule has 1 N–H and O–H groups in total. The highest BCUT2D eigenvalue weighted by Gasteiger charge is 2.07. The van der Waals surface area contributed by atoms with Gasteiger partial charge in [-0.3, -0.25) is 0 Å². The SMILES string of the molecule is N#CC#Cc1ccc(Br)c(C(=O)O)c1. The molecule has 0 aliphatic rings. The molecule has 68 valence electrons. The lowest BCUT2D eigenvalue weighted by molar-refractivity contribution is 0.0696. The molecule has 14 heavy (non-hydrogen) atoms. The summed E-state index contributed by atoms with van der Waals surface area (Å²) in [6.07, 6.45) is 0. The molecule has 0 amide bonds. The highest BCUT2D eigenvalue weighted by molar-refractivity contribution is 9.10. The molecule has 1 rings (SSSR count). The monoisotopic (exact) mass is 249 g/mol. The van der Waals surface area contributed by atoms with Crippen LogP contribution in [0.15, 0.2) is 22.7 Å². The largest absolute Gasteiger partial charge is 0.478 e. The van der Waals surface area contributed by atoms with Crippen LogP contribution in [0.4, 0.5) is 0 Å². The second kappa shape index (κ2) is 4.45. The molecule has 4 heteroatoms. The van der Waals surface area contributed by atoms with Crippen molar-refractivity contribution in [1.29, 1.82) is 5.26 Å². The van der Waals surface area contributed by atoms with Gasteiger partial charge in [0.25, 0.3) is 0 Å². The van der Waals surface area contributed by atoms with Gasteiger partial charge in [-0.2, -0.15) is 5.26 Å². The minimum Gasteiger partial charge on any atom is -0.478 e. The van der Waals surface area contributed by atoms with Gasteiger partial charge in [-0.25, -0.2) is 4.79 Å². The fourth-order valence-corrected chi connectivity index (χ4v) is 1.28. The second-order valence-electron chi connectivity index (χ2n) is 2.36. The molecule has 0 aromatic heterocycles. The number of hydrogen-bond donors (Lipinski definition) is 1. The van der Waals surface area contributed by atoms with E-state index in [9.17, 15) is 4.79 Å². The van der Waals surface area contributed by atoms with E-state index in [4.69, 9.17) is 10.4 Å². The van der Waals surface area contributed by atoms with E-state index in [1.165, 1.54) is 6.07 Å². The van der Waals surface area contributed by atoms with Gasteiger partial charge < -0.3 is 5.11 Å². The molecule has 0 aliphatic heterocycles. The number of aromatic carboxylic acids is 1. The fourth-order valence-electron chi connectivity index (χ4n) is 0.867. The highest BCUT2D eigenvalue weighted by atomic mass is 79.9. The Kier molecular flexibility index (Phi) is 3.28. The Morgan fingerprint density at radius 2 is 2.21 bits per heavy atom. The normalized spacial score (nSPS) is 8.29. The van der Waals surface area contributed by atoms with E-state index in [0.717, 1.165) is 0 Å². The molecule has 0 aliphatic carbocycles. The molecule has 3 nitrogen and oxygen atoms in total. The number of hydrogen-bond acceptors (Lipinski definition) is 2. The van der Waals surface area contributed by atoms with Gasteiger partial charge in [-0.1, -0.05) is 5.92 Å². The maximum absolute atomic E-state index is 10.7. The number of nitriles is 1. The van der Waals surface area contributed by atoms with Crippen molar-refractivity contribution in [3.8, 4) is 17.9 Å². The lowest BCUT2D eigenvalue weighted by Gasteiger charge is -1.98. The molecule has 1 aromatic carbocycles. The first-order valence-electron chi connectivity index (χ1n) is 3.58. The predicted octanol–water partition coefficient (Wildman–Crippen LogP) is 2.02. The summed E-state index contributed by atoms with van der Waals surface area (Å²) in [7, 11) is 0. The summed E-state index contributed by atoms with van der Waals surface area (Å²) in [4.78, 5) is 10.7. The molecule has 0 saturated carbocycles. The number of halogens is 1. The van der Waals surface area contributed by atoms with E-state index in [1.54, 1.807) is 18.2 Å². The van der Waals surface area contributed by atoms with Gasteiger partial charge in [0.05, 0.1) is 5.56 Å². The van der Waals surface area contributed by atoms with Gasteiger partial charge >= 0.3 is 5.97 Å². The summed E-state index contributed by atoms with van der Waals surface area (Å²) >= 11 is 3.11. The zero-order valence-electron chi connectivity index (χ0n) is 6.91. The van der Waals surface area contributed by atoms with Crippen LogP contribution in [-0.4, -0.2) is 11.1 Å². The molecule has 1 aromatic rings. The summed E-state index contributed by atoms with van der Waals surface area (Å²) < 4.78 is 0.493. The molecule has 0 radical (unpaired) electrons. The first-order chi connectivity index (χ1) is 6.65. The predicted molar refractivity (Wildman–Crippen MR) is 53.6 cm³/mol. The van der Waals surface area contributed by atoms with Crippen LogP contribution in [0.2, 0.25) is 0 Å². The zero-order chi connectivity index (χ0) is 10.6. The molecular formula is C10H4BrNO2. The number of carbonyl (C=O) groups is 1. The zero-order valence-corrected chi connectivity index (χ0v) is 8.50. The van der Waals surface area contributed by atoms with Crippen LogP contribution < -0.4 is 0 Å². The van der Waals surface area contributed by atoms with E-state index in [0.29, 0.717) is 10.0 Å². The quantitative estimate of drug-likeness (QED) is 0.775. The second-order valence-corrected chi connectivity index (χ2v) is 3.22. The van der Waals surface area contributed by atoms with Crippen LogP contribution in [0.5, 0.6) is 0 Å². The number of carboxylic acids is 1. The number of rotatable bonds is 1. The molecular weight excluding hydrogens is 246 g/mol.